The van der Waals surface area contributed by atoms with E-state index in [2.05, 4.69) is 34.6 Å². The molecule has 0 nitrogen and oxygen atoms in total. The predicted molar refractivity (Wildman–Crippen MR) is 87.6 cm³/mol. The topological polar surface area (TPSA) is 0 Å². The molecule has 112 valence electrons. The van der Waals surface area contributed by atoms with Crippen molar-refractivity contribution in [2.24, 2.45) is 23.2 Å². The Hall–Kier alpha value is -0.520. The van der Waals surface area contributed by atoms with Gasteiger partial charge in [-0.05, 0) is 75.0 Å². The third kappa shape index (κ3) is 2.20. The molecule has 0 aromatic heterocycles. The van der Waals surface area contributed by atoms with Crippen LogP contribution >= 0.6 is 0 Å². The number of hydrogen-bond acceptors (Lipinski definition) is 0. The summed E-state index contributed by atoms with van der Waals surface area (Å²) < 4.78 is 0. The molecule has 0 aromatic carbocycles. The highest BCUT2D eigenvalue weighted by Gasteiger charge is 2.42. The van der Waals surface area contributed by atoms with Gasteiger partial charge in [-0.15, -0.1) is 0 Å². The van der Waals surface area contributed by atoms with Crippen molar-refractivity contribution >= 4 is 0 Å². The van der Waals surface area contributed by atoms with Gasteiger partial charge in [0.25, 0.3) is 0 Å². The summed E-state index contributed by atoms with van der Waals surface area (Å²) >= 11 is 0. The fraction of sp³-hybridized carbons (Fsp3) is 0.800. The van der Waals surface area contributed by atoms with Crippen LogP contribution in [0.25, 0.3) is 0 Å². The van der Waals surface area contributed by atoms with Gasteiger partial charge in [-0.3, -0.25) is 0 Å². The van der Waals surface area contributed by atoms with E-state index >= 15 is 0 Å². The third-order valence-electron chi connectivity index (χ3n) is 6.70. The average Bonchev–Trinajstić information content (AvgIpc) is 2.88. The SMILES string of the molecule is CC1=C2C[C@@]3(C)CCC(C(C)C)=C3CC[C@H](C)C2CC1. The molecule has 3 aliphatic rings. The molecule has 0 heteroatoms. The molecule has 3 aliphatic carbocycles. The molecule has 1 saturated carbocycles. The molecule has 0 aromatic rings. The zero-order valence-electron chi connectivity index (χ0n) is 14.2. The van der Waals surface area contributed by atoms with E-state index in [0.29, 0.717) is 5.41 Å². The fourth-order valence-corrected chi connectivity index (χ4v) is 5.32. The Balaban J connectivity index is 2.00. The van der Waals surface area contributed by atoms with Gasteiger partial charge in [0, 0.05) is 0 Å². The molecule has 20 heavy (non-hydrogen) atoms. The second-order valence-corrected chi connectivity index (χ2v) is 8.36. The Morgan fingerprint density at radius 2 is 1.85 bits per heavy atom. The molecule has 1 unspecified atom stereocenters. The summed E-state index contributed by atoms with van der Waals surface area (Å²) in [4.78, 5) is 0. The van der Waals surface area contributed by atoms with Gasteiger partial charge < -0.3 is 0 Å². The van der Waals surface area contributed by atoms with E-state index in [1.165, 1.54) is 44.9 Å². The molecule has 0 N–H and O–H groups in total. The molecular formula is C20H32. The summed E-state index contributed by atoms with van der Waals surface area (Å²) in [5.74, 6) is 2.57. The van der Waals surface area contributed by atoms with Crippen LogP contribution in [-0.2, 0) is 0 Å². The second kappa shape index (κ2) is 5.04. The molecule has 0 aliphatic heterocycles. The minimum atomic E-state index is 0.499. The average molecular weight is 272 g/mol. The molecule has 0 radical (unpaired) electrons. The molecule has 0 bridgehead atoms. The van der Waals surface area contributed by atoms with Gasteiger partial charge in [-0.25, -0.2) is 0 Å². The van der Waals surface area contributed by atoms with Gasteiger partial charge in [0.15, 0.2) is 0 Å². The maximum absolute atomic E-state index is 2.57. The zero-order chi connectivity index (χ0) is 14.5. The van der Waals surface area contributed by atoms with Crippen LogP contribution in [-0.4, -0.2) is 0 Å². The molecule has 0 spiro atoms. The van der Waals surface area contributed by atoms with Crippen molar-refractivity contribution in [3.63, 3.8) is 0 Å². The van der Waals surface area contributed by atoms with Gasteiger partial charge in [0.2, 0.25) is 0 Å². The summed E-state index contributed by atoms with van der Waals surface area (Å²) in [6, 6.07) is 0. The van der Waals surface area contributed by atoms with Crippen molar-refractivity contribution < 1.29 is 0 Å². The lowest BCUT2D eigenvalue weighted by Gasteiger charge is -2.37. The monoisotopic (exact) mass is 272 g/mol. The van der Waals surface area contributed by atoms with Crippen LogP contribution in [0.1, 0.15) is 79.6 Å². The van der Waals surface area contributed by atoms with Crippen LogP contribution in [0, 0.1) is 23.2 Å². The van der Waals surface area contributed by atoms with Crippen LogP contribution in [0.5, 0.6) is 0 Å². The van der Waals surface area contributed by atoms with Gasteiger partial charge in [0.1, 0.15) is 0 Å². The van der Waals surface area contributed by atoms with Gasteiger partial charge in [-0.2, -0.15) is 0 Å². The van der Waals surface area contributed by atoms with Crippen molar-refractivity contribution in [2.75, 3.05) is 0 Å². The summed E-state index contributed by atoms with van der Waals surface area (Å²) in [5.41, 5.74) is 7.78. The molecule has 1 fully saturated rings. The van der Waals surface area contributed by atoms with E-state index in [9.17, 15) is 0 Å². The lowest BCUT2D eigenvalue weighted by Crippen LogP contribution is -2.25. The predicted octanol–water partition coefficient (Wildman–Crippen LogP) is 6.29. The quantitative estimate of drug-likeness (QED) is 0.492. The number of rotatable bonds is 1. The minimum Gasteiger partial charge on any atom is -0.0738 e. The van der Waals surface area contributed by atoms with Crippen molar-refractivity contribution in [1.29, 1.82) is 0 Å². The first-order valence-corrected chi connectivity index (χ1v) is 8.83. The maximum Gasteiger partial charge on any atom is -0.00732 e. The number of fused-ring (bicyclic) bond motifs is 2. The number of hydrogen-bond donors (Lipinski definition) is 0. The van der Waals surface area contributed by atoms with Crippen LogP contribution in [0.3, 0.4) is 0 Å². The lowest BCUT2D eigenvalue weighted by atomic mass is 9.68. The highest BCUT2D eigenvalue weighted by atomic mass is 14.5. The zero-order valence-corrected chi connectivity index (χ0v) is 14.2. The number of allylic oxidation sites excluding steroid dienone is 4. The molecule has 0 amide bonds. The summed E-state index contributed by atoms with van der Waals surface area (Å²) in [7, 11) is 0. The summed E-state index contributed by atoms with van der Waals surface area (Å²) in [6.07, 6.45) is 9.77. The normalized spacial score (nSPS) is 38.1. The van der Waals surface area contributed by atoms with Crippen molar-refractivity contribution in [1.82, 2.24) is 0 Å². The van der Waals surface area contributed by atoms with E-state index < -0.39 is 0 Å². The van der Waals surface area contributed by atoms with E-state index in [0.717, 1.165) is 17.8 Å². The summed E-state index contributed by atoms with van der Waals surface area (Å²) in [5, 5.41) is 0. The lowest BCUT2D eigenvalue weighted by molar-refractivity contribution is 0.291. The molecular weight excluding hydrogens is 240 g/mol. The Labute approximate surface area is 125 Å². The first-order chi connectivity index (χ1) is 9.42. The second-order valence-electron chi connectivity index (χ2n) is 8.36. The summed E-state index contributed by atoms with van der Waals surface area (Å²) in [6.45, 7) is 12.3. The van der Waals surface area contributed by atoms with Crippen LogP contribution in [0.4, 0.5) is 0 Å². The smallest absolute Gasteiger partial charge is 0.00732 e. The van der Waals surface area contributed by atoms with Crippen LogP contribution < -0.4 is 0 Å². The fourth-order valence-electron chi connectivity index (χ4n) is 5.32. The van der Waals surface area contributed by atoms with Crippen LogP contribution in [0.15, 0.2) is 22.3 Å². The Kier molecular flexibility index (Phi) is 3.63. The first-order valence-electron chi connectivity index (χ1n) is 8.83. The van der Waals surface area contributed by atoms with Crippen molar-refractivity contribution in [2.45, 2.75) is 79.6 Å². The third-order valence-corrected chi connectivity index (χ3v) is 6.70. The van der Waals surface area contributed by atoms with Gasteiger partial charge in [0.05, 0.1) is 0 Å². The largest absolute Gasteiger partial charge is 0.0738 e. The van der Waals surface area contributed by atoms with E-state index in [1.807, 2.05) is 16.7 Å². The van der Waals surface area contributed by atoms with E-state index in [1.54, 1.807) is 5.57 Å². The van der Waals surface area contributed by atoms with E-state index in [4.69, 9.17) is 0 Å². The Morgan fingerprint density at radius 3 is 2.55 bits per heavy atom. The van der Waals surface area contributed by atoms with Crippen molar-refractivity contribution in [3.8, 4) is 0 Å². The highest BCUT2D eigenvalue weighted by molar-refractivity contribution is 5.35. The van der Waals surface area contributed by atoms with E-state index in [-0.39, 0.29) is 0 Å². The molecule has 3 atom stereocenters. The Morgan fingerprint density at radius 1 is 1.10 bits per heavy atom. The molecule has 0 heterocycles. The Bertz CT molecular complexity index is 462. The maximum atomic E-state index is 2.57. The minimum absolute atomic E-state index is 0.499. The molecule has 0 saturated heterocycles. The van der Waals surface area contributed by atoms with Gasteiger partial charge in [-0.1, -0.05) is 50.0 Å². The molecule has 3 rings (SSSR count). The first kappa shape index (κ1) is 14.4. The van der Waals surface area contributed by atoms with Gasteiger partial charge >= 0.3 is 0 Å². The highest BCUT2D eigenvalue weighted by Crippen LogP contribution is 2.56. The van der Waals surface area contributed by atoms with Crippen LogP contribution in [0.2, 0.25) is 0 Å². The van der Waals surface area contributed by atoms with Crippen molar-refractivity contribution in [3.05, 3.63) is 22.3 Å². The standard InChI is InChI=1S/C20H32/c1-13(2)16-10-11-20(5)12-18-15(4)6-8-17(18)14(3)7-9-19(16)20/h13-14,17H,6-12H2,1-5H3/t14-,17?,20+/m0/s1.